The number of carbonyl (C=O) groups is 2. The molecule has 0 aliphatic heterocycles. The molecule has 1 N–H and O–H groups in total. The van der Waals surface area contributed by atoms with Crippen LogP contribution in [0.3, 0.4) is 0 Å². The molecule has 1 heterocycles. The van der Waals surface area contributed by atoms with Crippen molar-refractivity contribution in [3.63, 3.8) is 0 Å². The maximum Gasteiger partial charge on any atom is 0.319 e. The van der Waals surface area contributed by atoms with E-state index in [1.165, 1.54) is 7.11 Å². The minimum atomic E-state index is -0.353. The minimum Gasteiger partial charge on any atom is -0.468 e. The predicted molar refractivity (Wildman–Crippen MR) is 69.4 cm³/mol. The van der Waals surface area contributed by atoms with Crippen LogP contribution in [0.1, 0.15) is 25.6 Å². The molecule has 0 fully saturated rings. The second kappa shape index (κ2) is 7.58. The van der Waals surface area contributed by atoms with E-state index in [0.717, 1.165) is 0 Å². The second-order valence-corrected chi connectivity index (χ2v) is 4.18. The zero-order valence-corrected chi connectivity index (χ0v) is 11.5. The molecule has 1 aromatic heterocycles. The highest BCUT2D eigenvalue weighted by Crippen LogP contribution is 2.11. The fourth-order valence-electron chi connectivity index (χ4n) is 1.63. The molecular weight excluding hydrogens is 248 g/mol. The summed E-state index contributed by atoms with van der Waals surface area (Å²) in [7, 11) is 1.33. The number of hydrogen-bond donors (Lipinski definition) is 1. The van der Waals surface area contributed by atoms with Gasteiger partial charge >= 0.3 is 5.97 Å². The molecule has 1 aromatic rings. The molecule has 0 saturated carbocycles. The van der Waals surface area contributed by atoms with Crippen molar-refractivity contribution in [1.29, 1.82) is 0 Å². The number of methoxy groups -OCH3 is 1. The predicted octanol–water partition coefficient (Wildman–Crippen LogP) is 0.952. The van der Waals surface area contributed by atoms with Crippen molar-refractivity contribution < 1.29 is 18.7 Å². The van der Waals surface area contributed by atoms with Gasteiger partial charge in [-0.15, -0.1) is 0 Å². The number of furan rings is 1. The van der Waals surface area contributed by atoms with Crippen LogP contribution in [0.2, 0.25) is 0 Å². The molecule has 0 aromatic carbocycles. The van der Waals surface area contributed by atoms with Crippen LogP contribution >= 0.6 is 0 Å². The molecule has 19 heavy (non-hydrogen) atoms. The first-order chi connectivity index (χ1) is 9.06. The van der Waals surface area contributed by atoms with Gasteiger partial charge in [0, 0.05) is 0 Å². The van der Waals surface area contributed by atoms with Gasteiger partial charge in [0.05, 0.1) is 32.5 Å². The van der Waals surface area contributed by atoms with Crippen molar-refractivity contribution >= 4 is 11.9 Å². The lowest BCUT2D eigenvalue weighted by molar-refractivity contribution is -0.142. The van der Waals surface area contributed by atoms with E-state index in [9.17, 15) is 9.59 Å². The van der Waals surface area contributed by atoms with Crippen LogP contribution < -0.4 is 5.32 Å². The molecule has 0 aliphatic rings. The Morgan fingerprint density at radius 2 is 2.21 bits per heavy atom. The van der Waals surface area contributed by atoms with Gasteiger partial charge in [-0.3, -0.25) is 14.5 Å². The number of carbonyl (C=O) groups excluding carboxylic acids is 2. The lowest BCUT2D eigenvalue weighted by atomic mass is 10.2. The summed E-state index contributed by atoms with van der Waals surface area (Å²) in [6.45, 7) is 4.57. The summed E-state index contributed by atoms with van der Waals surface area (Å²) in [4.78, 5) is 24.7. The molecule has 0 aliphatic carbocycles. The first-order valence-corrected chi connectivity index (χ1v) is 6.18. The van der Waals surface area contributed by atoms with Crippen molar-refractivity contribution in [3.05, 3.63) is 24.2 Å². The topological polar surface area (TPSA) is 71.8 Å². The van der Waals surface area contributed by atoms with Crippen LogP contribution in [0, 0.1) is 0 Å². The smallest absolute Gasteiger partial charge is 0.319 e. The highest BCUT2D eigenvalue weighted by molar-refractivity contribution is 5.79. The zero-order valence-electron chi connectivity index (χ0n) is 11.5. The lowest BCUT2D eigenvalue weighted by Gasteiger charge is -2.19. The van der Waals surface area contributed by atoms with Crippen LogP contribution in [-0.2, 0) is 14.3 Å². The van der Waals surface area contributed by atoms with Gasteiger partial charge in [-0.05, 0) is 25.6 Å². The monoisotopic (exact) mass is 268 g/mol. The van der Waals surface area contributed by atoms with E-state index in [-0.39, 0.29) is 31.0 Å². The van der Waals surface area contributed by atoms with Crippen LogP contribution in [-0.4, -0.2) is 43.5 Å². The van der Waals surface area contributed by atoms with Gasteiger partial charge in [-0.1, -0.05) is 6.92 Å². The molecule has 1 atom stereocenters. The van der Waals surface area contributed by atoms with Gasteiger partial charge < -0.3 is 14.5 Å². The van der Waals surface area contributed by atoms with Crippen LogP contribution in [0.25, 0.3) is 0 Å². The summed E-state index contributed by atoms with van der Waals surface area (Å²) < 4.78 is 9.78. The quantitative estimate of drug-likeness (QED) is 0.745. The number of ether oxygens (including phenoxy) is 1. The molecule has 0 saturated heterocycles. The number of nitrogens with zero attached hydrogens (tertiary/aromatic N) is 1. The third-order valence-electron chi connectivity index (χ3n) is 2.74. The molecular formula is C13H20N2O4. The Labute approximate surface area is 112 Å². The summed E-state index contributed by atoms with van der Waals surface area (Å²) >= 11 is 0. The number of likely N-dealkylation sites (N-methyl/N-ethyl adjacent to an activating group) is 1. The van der Waals surface area contributed by atoms with Crippen LogP contribution in [0.15, 0.2) is 22.8 Å². The van der Waals surface area contributed by atoms with Crippen molar-refractivity contribution in [2.24, 2.45) is 0 Å². The number of esters is 1. The van der Waals surface area contributed by atoms with Crippen molar-refractivity contribution in [3.8, 4) is 0 Å². The highest BCUT2D eigenvalue weighted by atomic mass is 16.5. The number of hydrogen-bond acceptors (Lipinski definition) is 5. The third kappa shape index (κ3) is 5.13. The average molecular weight is 268 g/mol. The van der Waals surface area contributed by atoms with Crippen molar-refractivity contribution in [2.45, 2.75) is 19.9 Å². The Morgan fingerprint density at radius 3 is 2.74 bits per heavy atom. The maximum atomic E-state index is 11.8. The first-order valence-electron chi connectivity index (χ1n) is 6.18. The van der Waals surface area contributed by atoms with Gasteiger partial charge in [0.25, 0.3) is 0 Å². The fourth-order valence-corrected chi connectivity index (χ4v) is 1.63. The SMILES string of the molecule is CCN(CC(=O)NC(C)c1ccco1)CC(=O)OC. The molecule has 0 bridgehead atoms. The first kappa shape index (κ1) is 15.2. The minimum absolute atomic E-state index is 0.107. The Bertz CT molecular complexity index is 403. The van der Waals surface area contributed by atoms with Gasteiger partial charge in [0.1, 0.15) is 5.76 Å². The van der Waals surface area contributed by atoms with Crippen molar-refractivity contribution in [2.75, 3.05) is 26.7 Å². The third-order valence-corrected chi connectivity index (χ3v) is 2.74. The second-order valence-electron chi connectivity index (χ2n) is 4.18. The Morgan fingerprint density at radius 1 is 1.47 bits per heavy atom. The van der Waals surface area contributed by atoms with E-state index in [1.54, 1.807) is 23.3 Å². The Hall–Kier alpha value is -1.82. The van der Waals surface area contributed by atoms with Crippen LogP contribution in [0.5, 0.6) is 0 Å². The summed E-state index contributed by atoms with van der Waals surface area (Å²) in [5, 5.41) is 2.81. The lowest BCUT2D eigenvalue weighted by Crippen LogP contribution is -2.40. The summed E-state index contributed by atoms with van der Waals surface area (Å²) in [5.41, 5.74) is 0. The number of rotatable bonds is 7. The largest absolute Gasteiger partial charge is 0.468 e. The highest BCUT2D eigenvalue weighted by Gasteiger charge is 2.16. The van der Waals surface area contributed by atoms with E-state index in [4.69, 9.17) is 4.42 Å². The normalized spacial score (nSPS) is 12.2. The average Bonchev–Trinajstić information content (AvgIpc) is 2.91. The van der Waals surface area contributed by atoms with Gasteiger partial charge in [0.2, 0.25) is 5.91 Å². The van der Waals surface area contributed by atoms with Gasteiger partial charge in [0.15, 0.2) is 0 Å². The van der Waals surface area contributed by atoms with E-state index >= 15 is 0 Å². The zero-order chi connectivity index (χ0) is 14.3. The molecule has 1 unspecified atom stereocenters. The molecule has 6 heteroatoms. The summed E-state index contributed by atoms with van der Waals surface area (Å²) in [5.74, 6) is 0.188. The number of amides is 1. The fraction of sp³-hybridized carbons (Fsp3) is 0.538. The Balaban J connectivity index is 2.42. The summed E-state index contributed by atoms with van der Waals surface area (Å²) in [6.07, 6.45) is 1.56. The van der Waals surface area contributed by atoms with E-state index < -0.39 is 0 Å². The molecule has 1 amide bonds. The molecule has 0 spiro atoms. The maximum absolute atomic E-state index is 11.8. The van der Waals surface area contributed by atoms with E-state index in [0.29, 0.717) is 12.3 Å². The van der Waals surface area contributed by atoms with Gasteiger partial charge in [-0.25, -0.2) is 0 Å². The number of nitrogens with one attached hydrogen (secondary N) is 1. The van der Waals surface area contributed by atoms with Gasteiger partial charge in [-0.2, -0.15) is 0 Å². The molecule has 6 nitrogen and oxygen atoms in total. The van der Waals surface area contributed by atoms with E-state index in [1.807, 2.05) is 13.8 Å². The van der Waals surface area contributed by atoms with Crippen LogP contribution in [0.4, 0.5) is 0 Å². The Kier molecular flexibility index (Phi) is 6.08. The molecule has 1 rings (SSSR count). The van der Waals surface area contributed by atoms with E-state index in [2.05, 4.69) is 10.1 Å². The summed E-state index contributed by atoms with van der Waals surface area (Å²) in [6, 6.07) is 3.38. The standard InChI is InChI=1S/C13H20N2O4/c1-4-15(9-13(17)18-3)8-12(16)14-10(2)11-6-5-7-19-11/h5-7,10H,4,8-9H2,1-3H3,(H,14,16). The molecule has 0 radical (unpaired) electrons. The van der Waals surface area contributed by atoms with Crippen molar-refractivity contribution in [1.82, 2.24) is 10.2 Å². The molecule has 106 valence electrons.